The van der Waals surface area contributed by atoms with E-state index in [0.717, 1.165) is 63.9 Å². The summed E-state index contributed by atoms with van der Waals surface area (Å²) in [5.41, 5.74) is -0.852. The molecule has 280 valence electrons. The number of carbonyl (C=O) groups is 3. The monoisotopic (exact) mass is 704 g/mol. The lowest BCUT2D eigenvalue weighted by molar-refractivity contribution is -0.248. The van der Waals surface area contributed by atoms with E-state index in [0.29, 0.717) is 41.1 Å². The molecule has 5 fully saturated rings. The Balaban J connectivity index is 1.30. The number of carbonyl (C=O) groups excluding carboxylic acids is 1. The number of esters is 1. The molecule has 7 heteroatoms. The highest BCUT2D eigenvalue weighted by Gasteiger charge is 2.71. The zero-order chi connectivity index (χ0) is 37.5. The summed E-state index contributed by atoms with van der Waals surface area (Å²) in [6.07, 6.45) is 10.2. The molecule has 0 saturated heterocycles. The van der Waals surface area contributed by atoms with E-state index in [4.69, 9.17) is 4.74 Å². The van der Waals surface area contributed by atoms with Gasteiger partial charge in [-0.3, -0.25) is 9.59 Å². The molecule has 6 nitrogen and oxygen atoms in total. The fourth-order valence-corrected chi connectivity index (χ4v) is 13.4. The second-order valence-corrected chi connectivity index (χ2v) is 19.7. The van der Waals surface area contributed by atoms with E-state index in [2.05, 4.69) is 60.3 Å². The lowest BCUT2D eigenvalue weighted by Gasteiger charge is -2.72. The predicted molar refractivity (Wildman–Crippen MR) is 195 cm³/mol. The van der Waals surface area contributed by atoms with Crippen molar-refractivity contribution in [1.82, 2.24) is 0 Å². The zero-order valence-electron chi connectivity index (χ0n) is 32.5. The van der Waals surface area contributed by atoms with Gasteiger partial charge < -0.3 is 14.9 Å². The van der Waals surface area contributed by atoms with E-state index >= 15 is 0 Å². The molecular formula is C44H61FO6. The summed E-state index contributed by atoms with van der Waals surface area (Å²) in [6.45, 7) is 20.2. The van der Waals surface area contributed by atoms with E-state index < -0.39 is 29.1 Å². The molecule has 0 aromatic heterocycles. The van der Waals surface area contributed by atoms with Crippen molar-refractivity contribution in [2.45, 2.75) is 139 Å². The van der Waals surface area contributed by atoms with Crippen LogP contribution in [0.1, 0.15) is 149 Å². The van der Waals surface area contributed by atoms with Gasteiger partial charge in [0.1, 0.15) is 11.9 Å². The minimum absolute atomic E-state index is 0.0657. The summed E-state index contributed by atoms with van der Waals surface area (Å²) < 4.78 is 20.2. The molecule has 0 heterocycles. The molecule has 5 unspecified atom stereocenters. The summed E-state index contributed by atoms with van der Waals surface area (Å²) in [5, 5.41) is 19.4. The van der Waals surface area contributed by atoms with Crippen molar-refractivity contribution in [2.24, 2.45) is 68.0 Å². The average molecular weight is 705 g/mol. The first-order valence-electron chi connectivity index (χ1n) is 19.6. The van der Waals surface area contributed by atoms with Gasteiger partial charge in [-0.15, -0.1) is 0 Å². The van der Waals surface area contributed by atoms with Gasteiger partial charge in [0.15, 0.2) is 0 Å². The van der Waals surface area contributed by atoms with Crippen molar-refractivity contribution in [1.29, 1.82) is 0 Å². The first-order chi connectivity index (χ1) is 23.6. The molecule has 10 atom stereocenters. The number of hydrogen-bond acceptors (Lipinski definition) is 4. The van der Waals surface area contributed by atoms with Gasteiger partial charge in [0.2, 0.25) is 0 Å². The normalized spacial score (nSPS) is 39.7. The Morgan fingerprint density at radius 2 is 1.61 bits per heavy atom. The topological polar surface area (TPSA) is 101 Å². The van der Waals surface area contributed by atoms with Crippen LogP contribution in [0.25, 0.3) is 0 Å². The lowest BCUT2D eigenvalue weighted by Crippen LogP contribution is -2.66. The van der Waals surface area contributed by atoms with Crippen LogP contribution in [0.3, 0.4) is 0 Å². The Labute approximate surface area is 305 Å². The summed E-state index contributed by atoms with van der Waals surface area (Å²) in [4.78, 5) is 36.8. The number of hydrogen-bond donors (Lipinski definition) is 2. The standard InChI is InChI=1S/C44H61FO6/c1-26(2)29-15-21-44(20-14-27-10-11-28(45)24-30(27)37(47)48)23-22-42(8)31(36(29)44)12-13-33-41(7)18-17-34(51-35(46)25-39(3,4)38(49)50)40(5,6)32(41)16-19-43(33,42)9/h10-11,24,26,29,31-34,36H,12-13,15-19,21-23,25H2,1-9H3,(H,47,48)(H,49,50)/t29?,31?,32?,33?,34-,36?,41-,42+,43+,44+/m0/s1. The number of aromatic carboxylic acids is 1. The fraction of sp³-hybridized carbons (Fsp3) is 0.750. The van der Waals surface area contributed by atoms with Gasteiger partial charge in [0, 0.05) is 16.4 Å². The molecule has 51 heavy (non-hydrogen) atoms. The Bertz CT molecular complexity index is 1650. The van der Waals surface area contributed by atoms with Crippen LogP contribution in [-0.4, -0.2) is 34.2 Å². The van der Waals surface area contributed by atoms with Crippen LogP contribution < -0.4 is 0 Å². The molecule has 1 aromatic carbocycles. The van der Waals surface area contributed by atoms with Crippen LogP contribution in [-0.2, 0) is 14.3 Å². The number of rotatable bonds is 6. The van der Waals surface area contributed by atoms with E-state index in [-0.39, 0.29) is 45.2 Å². The van der Waals surface area contributed by atoms with Crippen LogP contribution in [0.4, 0.5) is 4.39 Å². The first-order valence-corrected chi connectivity index (χ1v) is 19.6. The minimum atomic E-state index is -1.16. The highest BCUT2D eigenvalue weighted by atomic mass is 19.1. The molecule has 5 aliphatic carbocycles. The molecule has 0 spiro atoms. The van der Waals surface area contributed by atoms with Crippen molar-refractivity contribution < 1.29 is 33.7 Å². The van der Waals surface area contributed by atoms with Gasteiger partial charge in [-0.2, -0.15) is 0 Å². The Hall–Kier alpha value is -2.88. The maximum Gasteiger partial charge on any atom is 0.337 e. The molecule has 2 N–H and O–H groups in total. The zero-order valence-corrected chi connectivity index (χ0v) is 32.5. The molecule has 6 rings (SSSR count). The molecular weight excluding hydrogens is 643 g/mol. The van der Waals surface area contributed by atoms with Gasteiger partial charge in [-0.05, 0) is 148 Å². The highest BCUT2D eigenvalue weighted by Crippen LogP contribution is 2.77. The molecule has 0 bridgehead atoms. The summed E-state index contributed by atoms with van der Waals surface area (Å²) in [6, 6.07) is 3.93. The van der Waals surface area contributed by atoms with Crippen LogP contribution in [0.15, 0.2) is 18.2 Å². The van der Waals surface area contributed by atoms with E-state index in [9.17, 15) is 29.0 Å². The number of carboxylic acids is 2. The van der Waals surface area contributed by atoms with Gasteiger partial charge >= 0.3 is 17.9 Å². The number of fused-ring (bicyclic) bond motifs is 7. The van der Waals surface area contributed by atoms with Gasteiger partial charge in [0.25, 0.3) is 0 Å². The quantitative estimate of drug-likeness (QED) is 0.226. The van der Waals surface area contributed by atoms with Gasteiger partial charge in [0.05, 0.1) is 17.4 Å². The second-order valence-electron chi connectivity index (χ2n) is 19.7. The Morgan fingerprint density at radius 1 is 0.902 bits per heavy atom. The summed E-state index contributed by atoms with van der Waals surface area (Å²) in [5.74, 6) is 6.91. The number of aliphatic carboxylic acids is 1. The lowest BCUT2D eigenvalue weighted by atomic mass is 9.32. The number of halogens is 1. The van der Waals surface area contributed by atoms with Crippen molar-refractivity contribution >= 4 is 17.9 Å². The summed E-state index contributed by atoms with van der Waals surface area (Å²) in [7, 11) is 0. The molecule has 5 aliphatic rings. The first kappa shape index (κ1) is 37.9. The van der Waals surface area contributed by atoms with Gasteiger partial charge in [-0.25, -0.2) is 9.18 Å². The van der Waals surface area contributed by atoms with Crippen molar-refractivity contribution in [3.63, 3.8) is 0 Å². The van der Waals surface area contributed by atoms with E-state index in [1.807, 2.05) is 0 Å². The maximum atomic E-state index is 14.0. The Morgan fingerprint density at radius 3 is 2.25 bits per heavy atom. The van der Waals surface area contributed by atoms with Crippen LogP contribution in [0.5, 0.6) is 0 Å². The highest BCUT2D eigenvalue weighted by molar-refractivity contribution is 5.90. The predicted octanol–water partition coefficient (Wildman–Crippen LogP) is 10.0. The molecule has 1 aromatic rings. The molecule has 0 amide bonds. The largest absolute Gasteiger partial charge is 0.481 e. The third kappa shape index (κ3) is 5.84. The van der Waals surface area contributed by atoms with E-state index in [1.54, 1.807) is 13.8 Å². The molecule has 5 saturated carbocycles. The SMILES string of the molecule is CC(C)C1CC[C@]2(C#Cc3ccc(F)cc3C(=O)O)CC[C@]3(C)C(CCC4[C@@]5(C)CC[C@H](OC(=O)CC(C)(C)C(=O)O)C(C)(C)C5CC[C@]43C)C12. The third-order valence-corrected chi connectivity index (χ3v) is 16.4. The molecule has 0 radical (unpaired) electrons. The average Bonchev–Trinajstić information content (AvgIpc) is 3.42. The van der Waals surface area contributed by atoms with Crippen molar-refractivity contribution in [2.75, 3.05) is 0 Å². The third-order valence-electron chi connectivity index (χ3n) is 16.4. The van der Waals surface area contributed by atoms with Crippen LogP contribution in [0, 0.1) is 85.7 Å². The Kier molecular flexibility index (Phi) is 9.37. The summed E-state index contributed by atoms with van der Waals surface area (Å²) >= 11 is 0. The van der Waals surface area contributed by atoms with Crippen molar-refractivity contribution in [3.8, 4) is 11.8 Å². The van der Waals surface area contributed by atoms with E-state index in [1.165, 1.54) is 18.6 Å². The number of benzene rings is 1. The number of carboxylic acid groups (broad SMARTS) is 2. The van der Waals surface area contributed by atoms with Crippen LogP contribution in [0.2, 0.25) is 0 Å². The van der Waals surface area contributed by atoms with Gasteiger partial charge in [-0.1, -0.05) is 60.3 Å². The maximum absolute atomic E-state index is 14.0. The number of ether oxygens (including phenoxy) is 1. The van der Waals surface area contributed by atoms with Crippen molar-refractivity contribution in [3.05, 3.63) is 35.1 Å². The smallest absolute Gasteiger partial charge is 0.337 e. The van der Waals surface area contributed by atoms with Crippen LogP contribution >= 0.6 is 0 Å². The molecule has 0 aliphatic heterocycles. The minimum Gasteiger partial charge on any atom is -0.481 e. The fourth-order valence-electron chi connectivity index (χ4n) is 13.4. The second kappa shape index (κ2) is 12.6.